The Morgan fingerprint density at radius 2 is 2.25 bits per heavy atom. The van der Waals surface area contributed by atoms with E-state index in [-0.39, 0.29) is 18.3 Å². The van der Waals surface area contributed by atoms with E-state index in [4.69, 9.17) is 22.1 Å². The van der Waals surface area contributed by atoms with Crippen LogP contribution in [0.1, 0.15) is 10.4 Å². The number of nitrogens with two attached hydrogens (primary N) is 1. The molecule has 0 aromatic heterocycles. The van der Waals surface area contributed by atoms with E-state index < -0.39 is 0 Å². The zero-order chi connectivity index (χ0) is 11.3. The first-order valence-corrected chi connectivity index (χ1v) is 4.85. The molecule has 0 saturated heterocycles. The SMILES string of the molecule is COCCNC(=O)c1ccc(N)cc1Cl.Cl. The Bertz CT molecular complexity index is 359. The number of carbonyl (C=O) groups excluding carboxylic acids is 1. The van der Waals surface area contributed by atoms with Gasteiger partial charge in [0.2, 0.25) is 0 Å². The first-order valence-electron chi connectivity index (χ1n) is 4.47. The minimum atomic E-state index is -0.225. The van der Waals surface area contributed by atoms with E-state index in [0.29, 0.717) is 29.4 Å². The number of methoxy groups -OCH3 is 1. The molecule has 1 aromatic rings. The zero-order valence-corrected chi connectivity index (χ0v) is 10.4. The van der Waals surface area contributed by atoms with Crippen molar-refractivity contribution in [2.45, 2.75) is 0 Å². The van der Waals surface area contributed by atoms with Crippen LogP contribution in [0, 0.1) is 0 Å². The van der Waals surface area contributed by atoms with Crippen molar-refractivity contribution in [3.63, 3.8) is 0 Å². The smallest absolute Gasteiger partial charge is 0.252 e. The van der Waals surface area contributed by atoms with E-state index in [9.17, 15) is 4.79 Å². The van der Waals surface area contributed by atoms with E-state index >= 15 is 0 Å². The lowest BCUT2D eigenvalue weighted by molar-refractivity contribution is 0.0937. The predicted molar refractivity (Wildman–Crippen MR) is 67.3 cm³/mol. The number of amides is 1. The van der Waals surface area contributed by atoms with E-state index in [0.717, 1.165) is 0 Å². The summed E-state index contributed by atoms with van der Waals surface area (Å²) in [5.41, 5.74) is 6.47. The Hall–Kier alpha value is -0.970. The summed E-state index contributed by atoms with van der Waals surface area (Å²) in [6, 6.07) is 4.78. The monoisotopic (exact) mass is 264 g/mol. The predicted octanol–water partition coefficient (Wildman–Crippen LogP) is 1.72. The summed E-state index contributed by atoms with van der Waals surface area (Å²) in [5, 5.41) is 3.02. The highest BCUT2D eigenvalue weighted by Crippen LogP contribution is 2.18. The second kappa shape index (κ2) is 7.33. The fraction of sp³-hybridized carbons (Fsp3) is 0.300. The van der Waals surface area contributed by atoms with E-state index in [1.54, 1.807) is 25.3 Å². The largest absolute Gasteiger partial charge is 0.399 e. The maximum Gasteiger partial charge on any atom is 0.252 e. The Morgan fingerprint density at radius 1 is 1.56 bits per heavy atom. The van der Waals surface area contributed by atoms with Gasteiger partial charge in [0.05, 0.1) is 17.2 Å². The van der Waals surface area contributed by atoms with Gasteiger partial charge < -0.3 is 15.8 Å². The van der Waals surface area contributed by atoms with Gasteiger partial charge in [0.25, 0.3) is 5.91 Å². The van der Waals surface area contributed by atoms with Crippen LogP contribution in [0.4, 0.5) is 5.69 Å². The van der Waals surface area contributed by atoms with Crippen LogP contribution in [0.3, 0.4) is 0 Å². The fourth-order valence-electron chi connectivity index (χ4n) is 1.08. The van der Waals surface area contributed by atoms with Gasteiger partial charge >= 0.3 is 0 Å². The average Bonchev–Trinajstić information content (AvgIpc) is 2.17. The lowest BCUT2D eigenvalue weighted by Gasteiger charge is -2.06. The first-order chi connectivity index (χ1) is 7.15. The molecule has 0 unspecified atom stereocenters. The standard InChI is InChI=1S/C10H13ClN2O2.ClH/c1-15-5-4-13-10(14)8-3-2-7(12)6-9(8)11;/h2-3,6H,4-5,12H2,1H3,(H,13,14);1H. The highest BCUT2D eigenvalue weighted by atomic mass is 35.5. The van der Waals surface area contributed by atoms with Crippen molar-refractivity contribution < 1.29 is 9.53 Å². The van der Waals surface area contributed by atoms with Gasteiger partial charge in [0, 0.05) is 19.3 Å². The van der Waals surface area contributed by atoms with Crippen LogP contribution < -0.4 is 11.1 Å². The zero-order valence-electron chi connectivity index (χ0n) is 8.83. The Kier molecular flexibility index (Phi) is 6.88. The molecule has 6 heteroatoms. The number of hydrogen-bond acceptors (Lipinski definition) is 3. The topological polar surface area (TPSA) is 64.3 Å². The summed E-state index contributed by atoms with van der Waals surface area (Å²) in [6.45, 7) is 0.925. The van der Waals surface area contributed by atoms with Gasteiger partial charge in [-0.3, -0.25) is 4.79 Å². The van der Waals surface area contributed by atoms with Crippen molar-refractivity contribution in [1.29, 1.82) is 0 Å². The summed E-state index contributed by atoms with van der Waals surface area (Å²) in [7, 11) is 1.57. The van der Waals surface area contributed by atoms with Crippen LogP contribution >= 0.6 is 24.0 Å². The van der Waals surface area contributed by atoms with Crippen LogP contribution in [-0.4, -0.2) is 26.2 Å². The van der Waals surface area contributed by atoms with Crippen LogP contribution in [0.5, 0.6) is 0 Å². The molecule has 1 aromatic carbocycles. The number of carbonyl (C=O) groups is 1. The summed E-state index contributed by atoms with van der Waals surface area (Å²) in [4.78, 5) is 11.6. The summed E-state index contributed by atoms with van der Waals surface area (Å²) < 4.78 is 4.81. The van der Waals surface area contributed by atoms with Crippen molar-refractivity contribution in [2.75, 3.05) is 26.0 Å². The fourth-order valence-corrected chi connectivity index (χ4v) is 1.35. The molecule has 0 aliphatic rings. The number of anilines is 1. The molecule has 0 fully saturated rings. The molecule has 0 aliphatic carbocycles. The number of hydrogen-bond donors (Lipinski definition) is 2. The normalized spacial score (nSPS) is 9.38. The molecule has 0 radical (unpaired) electrons. The van der Waals surface area contributed by atoms with E-state index in [1.165, 1.54) is 0 Å². The molecule has 90 valence electrons. The second-order valence-corrected chi connectivity index (χ2v) is 3.40. The highest BCUT2D eigenvalue weighted by Gasteiger charge is 2.09. The number of nitrogens with one attached hydrogen (secondary N) is 1. The molecular weight excluding hydrogens is 251 g/mol. The lowest BCUT2D eigenvalue weighted by Crippen LogP contribution is -2.27. The van der Waals surface area contributed by atoms with Gasteiger partial charge in [-0.05, 0) is 18.2 Å². The quantitative estimate of drug-likeness (QED) is 0.643. The van der Waals surface area contributed by atoms with E-state index in [1.807, 2.05) is 0 Å². The molecule has 1 amide bonds. The third kappa shape index (κ3) is 4.26. The van der Waals surface area contributed by atoms with Crippen molar-refractivity contribution in [3.05, 3.63) is 28.8 Å². The molecule has 1 rings (SSSR count). The van der Waals surface area contributed by atoms with Crippen LogP contribution in [0.25, 0.3) is 0 Å². The van der Waals surface area contributed by atoms with Crippen molar-refractivity contribution in [2.24, 2.45) is 0 Å². The minimum Gasteiger partial charge on any atom is -0.399 e. The molecule has 0 spiro atoms. The number of benzene rings is 1. The molecule has 0 aliphatic heterocycles. The molecule has 0 bridgehead atoms. The lowest BCUT2D eigenvalue weighted by atomic mass is 10.2. The van der Waals surface area contributed by atoms with Gasteiger partial charge in [-0.2, -0.15) is 0 Å². The summed E-state index contributed by atoms with van der Waals surface area (Å²) in [6.07, 6.45) is 0. The molecule has 0 saturated carbocycles. The van der Waals surface area contributed by atoms with Crippen LogP contribution in [-0.2, 0) is 4.74 Å². The highest BCUT2D eigenvalue weighted by molar-refractivity contribution is 6.34. The van der Waals surface area contributed by atoms with E-state index in [2.05, 4.69) is 5.32 Å². The molecule has 0 atom stereocenters. The van der Waals surface area contributed by atoms with Crippen LogP contribution in [0.2, 0.25) is 5.02 Å². The Morgan fingerprint density at radius 3 is 2.81 bits per heavy atom. The third-order valence-corrected chi connectivity index (χ3v) is 2.14. The van der Waals surface area contributed by atoms with Gasteiger partial charge in [-0.1, -0.05) is 11.6 Å². The van der Waals surface area contributed by atoms with Crippen molar-refractivity contribution in [3.8, 4) is 0 Å². The molecular formula is C10H14Cl2N2O2. The number of nitrogen functional groups attached to an aromatic ring is 1. The maximum atomic E-state index is 11.6. The molecule has 16 heavy (non-hydrogen) atoms. The Labute approximate surface area is 106 Å². The number of halogens is 2. The second-order valence-electron chi connectivity index (χ2n) is 2.99. The average molecular weight is 265 g/mol. The maximum absolute atomic E-state index is 11.6. The van der Waals surface area contributed by atoms with Crippen molar-refractivity contribution >= 4 is 35.6 Å². The van der Waals surface area contributed by atoms with Crippen molar-refractivity contribution in [1.82, 2.24) is 5.32 Å². The molecule has 4 nitrogen and oxygen atoms in total. The number of ether oxygens (including phenoxy) is 1. The van der Waals surface area contributed by atoms with Crippen LogP contribution in [0.15, 0.2) is 18.2 Å². The Balaban J connectivity index is 0.00000225. The van der Waals surface area contributed by atoms with Gasteiger partial charge in [0.1, 0.15) is 0 Å². The third-order valence-electron chi connectivity index (χ3n) is 1.83. The summed E-state index contributed by atoms with van der Waals surface area (Å²) in [5.74, 6) is -0.225. The molecule has 3 N–H and O–H groups in total. The number of rotatable bonds is 4. The van der Waals surface area contributed by atoms with Gasteiger partial charge in [0.15, 0.2) is 0 Å². The summed E-state index contributed by atoms with van der Waals surface area (Å²) >= 11 is 5.87. The minimum absolute atomic E-state index is 0. The van der Waals surface area contributed by atoms with Gasteiger partial charge in [-0.25, -0.2) is 0 Å². The van der Waals surface area contributed by atoms with Gasteiger partial charge in [-0.15, -0.1) is 12.4 Å². The molecule has 0 heterocycles. The first kappa shape index (κ1) is 15.0.